The number of carbonyl (C=O) groups is 2. The zero-order chi connectivity index (χ0) is 13.9. The van der Waals surface area contributed by atoms with E-state index >= 15 is 0 Å². The van der Waals surface area contributed by atoms with Gasteiger partial charge in [-0.2, -0.15) is 0 Å². The number of nitrogens with zero attached hydrogens (tertiary/aromatic N) is 2. The van der Waals surface area contributed by atoms with Crippen molar-refractivity contribution in [2.45, 2.75) is 6.92 Å². The maximum absolute atomic E-state index is 12.4. The van der Waals surface area contributed by atoms with Crippen molar-refractivity contribution < 1.29 is 9.59 Å². The van der Waals surface area contributed by atoms with Gasteiger partial charge in [0.1, 0.15) is 17.0 Å². The molecule has 1 aliphatic carbocycles. The average Bonchev–Trinajstić information content (AvgIpc) is 2.84. The molecule has 0 saturated heterocycles. The highest BCUT2D eigenvalue weighted by molar-refractivity contribution is 6.52. The van der Waals surface area contributed by atoms with E-state index in [1.54, 1.807) is 22.7 Å². The summed E-state index contributed by atoms with van der Waals surface area (Å²) in [6, 6.07) is 10.9. The second-order valence-electron chi connectivity index (χ2n) is 4.89. The van der Waals surface area contributed by atoms with Crippen LogP contribution in [0.5, 0.6) is 0 Å². The van der Waals surface area contributed by atoms with E-state index in [0.717, 1.165) is 11.1 Å². The number of aryl methyl sites for hydroxylation is 1. The van der Waals surface area contributed by atoms with Crippen molar-refractivity contribution in [2.24, 2.45) is 0 Å². The fraction of sp³-hybridized carbons (Fsp3) is 0.0625. The van der Waals surface area contributed by atoms with Gasteiger partial charge in [0, 0.05) is 17.3 Å². The Morgan fingerprint density at radius 3 is 2.70 bits per heavy atom. The van der Waals surface area contributed by atoms with Crippen molar-refractivity contribution in [3.8, 4) is 11.3 Å². The summed E-state index contributed by atoms with van der Waals surface area (Å²) in [5.41, 5.74) is 3.82. The van der Waals surface area contributed by atoms with Crippen molar-refractivity contribution in [3.05, 3.63) is 59.4 Å². The Kier molecular flexibility index (Phi) is 2.02. The number of Topliss-reactive ketones (excluding diaryl/α,β-unsaturated/α-hetero) is 2. The van der Waals surface area contributed by atoms with E-state index < -0.39 is 11.6 Å². The molecule has 0 atom stereocenters. The number of pyridine rings is 1. The molecule has 0 radical (unpaired) electrons. The first-order valence-electron chi connectivity index (χ1n) is 6.34. The number of hydrogen-bond donors (Lipinski definition) is 0. The first-order chi connectivity index (χ1) is 9.68. The Bertz CT molecular complexity index is 906. The molecular weight excluding hydrogens is 252 g/mol. The molecule has 20 heavy (non-hydrogen) atoms. The maximum atomic E-state index is 12.4. The number of hydrogen-bond acceptors (Lipinski definition) is 3. The minimum absolute atomic E-state index is 0.368. The van der Waals surface area contributed by atoms with Gasteiger partial charge in [0.15, 0.2) is 0 Å². The number of fused-ring (bicyclic) bond motifs is 5. The van der Waals surface area contributed by atoms with Crippen molar-refractivity contribution in [2.75, 3.05) is 0 Å². The highest BCUT2D eigenvalue weighted by Crippen LogP contribution is 2.35. The standard InChI is InChI=1S/C16H10N2O2/c1-9-5-4-6-10-12(9)13-14(16(20)15(10)19)18-8-3-2-7-11(18)17-13/h2-8H,1H3. The average molecular weight is 262 g/mol. The molecule has 3 aromatic rings. The third-order valence-corrected chi connectivity index (χ3v) is 3.71. The Labute approximate surface area is 114 Å². The summed E-state index contributed by atoms with van der Waals surface area (Å²) < 4.78 is 1.69. The Balaban J connectivity index is 2.22. The molecule has 0 fully saturated rings. The molecule has 4 heteroatoms. The molecule has 0 saturated carbocycles. The van der Waals surface area contributed by atoms with E-state index in [-0.39, 0.29) is 0 Å². The van der Waals surface area contributed by atoms with Crippen LogP contribution in [0.4, 0.5) is 0 Å². The highest BCUT2D eigenvalue weighted by atomic mass is 16.2. The molecule has 96 valence electrons. The van der Waals surface area contributed by atoms with Gasteiger partial charge in [-0.3, -0.25) is 14.0 Å². The Morgan fingerprint density at radius 1 is 1.00 bits per heavy atom. The van der Waals surface area contributed by atoms with Gasteiger partial charge in [-0.25, -0.2) is 4.98 Å². The molecule has 4 nitrogen and oxygen atoms in total. The maximum Gasteiger partial charge on any atom is 0.252 e. The van der Waals surface area contributed by atoms with E-state index in [2.05, 4.69) is 4.98 Å². The summed E-state index contributed by atoms with van der Waals surface area (Å²) in [4.78, 5) is 29.2. The van der Waals surface area contributed by atoms with Gasteiger partial charge in [0.25, 0.3) is 5.78 Å². The van der Waals surface area contributed by atoms with Gasteiger partial charge in [-0.15, -0.1) is 0 Å². The molecule has 0 amide bonds. The zero-order valence-electron chi connectivity index (χ0n) is 10.8. The summed E-state index contributed by atoms with van der Waals surface area (Å²) in [5.74, 6) is -0.946. The quantitative estimate of drug-likeness (QED) is 0.585. The molecule has 0 aliphatic heterocycles. The van der Waals surface area contributed by atoms with Crippen LogP contribution in [-0.2, 0) is 0 Å². The lowest BCUT2D eigenvalue weighted by Crippen LogP contribution is -2.23. The molecule has 2 heterocycles. The van der Waals surface area contributed by atoms with E-state index in [0.29, 0.717) is 22.6 Å². The summed E-state index contributed by atoms with van der Waals surface area (Å²) in [5, 5.41) is 0. The van der Waals surface area contributed by atoms with E-state index in [4.69, 9.17) is 0 Å². The number of rotatable bonds is 0. The van der Waals surface area contributed by atoms with Crippen LogP contribution >= 0.6 is 0 Å². The Hall–Kier alpha value is -2.75. The van der Waals surface area contributed by atoms with Gasteiger partial charge in [0.05, 0.1) is 0 Å². The minimum atomic E-state index is -0.489. The first kappa shape index (κ1) is 11.1. The lowest BCUT2D eigenvalue weighted by Gasteiger charge is -2.15. The normalized spacial score (nSPS) is 13.4. The van der Waals surface area contributed by atoms with Crippen LogP contribution in [0.3, 0.4) is 0 Å². The lowest BCUT2D eigenvalue weighted by molar-refractivity contribution is 0.0812. The molecule has 0 bridgehead atoms. The van der Waals surface area contributed by atoms with Crippen molar-refractivity contribution in [1.82, 2.24) is 9.38 Å². The predicted molar refractivity (Wildman–Crippen MR) is 74.0 cm³/mol. The molecule has 1 aromatic carbocycles. The van der Waals surface area contributed by atoms with Gasteiger partial charge < -0.3 is 0 Å². The van der Waals surface area contributed by atoms with Crippen LogP contribution in [0.2, 0.25) is 0 Å². The monoisotopic (exact) mass is 262 g/mol. The Morgan fingerprint density at radius 2 is 1.85 bits per heavy atom. The highest BCUT2D eigenvalue weighted by Gasteiger charge is 2.35. The largest absolute Gasteiger partial charge is 0.296 e. The number of carbonyl (C=O) groups excluding carboxylic acids is 2. The minimum Gasteiger partial charge on any atom is -0.296 e. The number of ketones is 2. The number of benzene rings is 1. The summed E-state index contributed by atoms with van der Waals surface area (Å²) >= 11 is 0. The second-order valence-corrected chi connectivity index (χ2v) is 4.89. The first-order valence-corrected chi connectivity index (χ1v) is 6.34. The molecular formula is C16H10N2O2. The third-order valence-electron chi connectivity index (χ3n) is 3.71. The van der Waals surface area contributed by atoms with Gasteiger partial charge in [-0.1, -0.05) is 24.3 Å². The molecule has 0 unspecified atom stereocenters. The van der Waals surface area contributed by atoms with Crippen LogP contribution in [0.15, 0.2) is 42.6 Å². The van der Waals surface area contributed by atoms with Crippen LogP contribution in [-0.4, -0.2) is 21.0 Å². The van der Waals surface area contributed by atoms with Crippen molar-refractivity contribution >= 4 is 17.2 Å². The summed E-state index contributed by atoms with van der Waals surface area (Å²) in [6.07, 6.45) is 1.76. The second kappa shape index (κ2) is 3.63. The molecule has 2 aromatic heterocycles. The smallest absolute Gasteiger partial charge is 0.252 e. The van der Waals surface area contributed by atoms with Crippen molar-refractivity contribution in [3.63, 3.8) is 0 Å². The topological polar surface area (TPSA) is 51.4 Å². The third kappa shape index (κ3) is 1.23. The zero-order valence-corrected chi connectivity index (χ0v) is 10.8. The molecule has 1 aliphatic rings. The molecule has 0 spiro atoms. The lowest BCUT2D eigenvalue weighted by atomic mass is 9.87. The van der Waals surface area contributed by atoms with Gasteiger partial charge >= 0.3 is 0 Å². The fourth-order valence-corrected chi connectivity index (χ4v) is 2.79. The molecule has 4 rings (SSSR count). The summed E-state index contributed by atoms with van der Waals surface area (Å²) in [6.45, 7) is 1.93. The van der Waals surface area contributed by atoms with E-state index in [1.165, 1.54) is 0 Å². The number of aromatic nitrogens is 2. The fourth-order valence-electron chi connectivity index (χ4n) is 2.79. The number of imidazole rings is 1. The SMILES string of the molecule is Cc1cccc2c1-c1nc3ccccn3c1C(=O)C2=O. The van der Waals surface area contributed by atoms with Gasteiger partial charge in [-0.05, 0) is 24.6 Å². The van der Waals surface area contributed by atoms with Crippen LogP contribution in [0, 0.1) is 6.92 Å². The van der Waals surface area contributed by atoms with Crippen LogP contribution < -0.4 is 0 Å². The van der Waals surface area contributed by atoms with Gasteiger partial charge in [0.2, 0.25) is 5.78 Å². The van der Waals surface area contributed by atoms with Crippen molar-refractivity contribution in [1.29, 1.82) is 0 Å². The van der Waals surface area contributed by atoms with Crippen LogP contribution in [0.25, 0.3) is 16.9 Å². The summed E-state index contributed by atoms with van der Waals surface area (Å²) in [7, 11) is 0. The predicted octanol–water partition coefficient (Wildman–Crippen LogP) is 2.69. The van der Waals surface area contributed by atoms with E-state index in [1.807, 2.05) is 31.2 Å². The van der Waals surface area contributed by atoms with E-state index in [9.17, 15) is 9.59 Å². The van der Waals surface area contributed by atoms with Crippen LogP contribution in [0.1, 0.15) is 26.4 Å². The molecule has 0 N–H and O–H groups in total.